The standard InChI is InChI=1S/C21H25ClN2O4S/c1-15(2)28-18-9-5-16(6-10-18)14-23-21(25)20-4-3-13-24(20)29(26,27)19-11-7-17(22)8-12-19/h5-12,15,20H,3-4,13-14H2,1-2H3,(H,23,25)/t20-/m1/s1. The summed E-state index contributed by atoms with van der Waals surface area (Å²) >= 11 is 5.85. The molecule has 1 atom stereocenters. The zero-order chi connectivity index (χ0) is 21.0. The van der Waals surface area contributed by atoms with E-state index < -0.39 is 16.1 Å². The number of benzene rings is 2. The van der Waals surface area contributed by atoms with Gasteiger partial charge in [0.1, 0.15) is 11.8 Å². The minimum Gasteiger partial charge on any atom is -0.491 e. The topological polar surface area (TPSA) is 75.7 Å². The lowest BCUT2D eigenvalue weighted by Crippen LogP contribution is -2.45. The maximum Gasteiger partial charge on any atom is 0.243 e. The zero-order valence-electron chi connectivity index (χ0n) is 16.5. The Bertz CT molecular complexity index is 944. The van der Waals surface area contributed by atoms with Crippen LogP contribution in [-0.4, -0.2) is 37.3 Å². The zero-order valence-corrected chi connectivity index (χ0v) is 18.0. The third kappa shape index (κ3) is 5.29. The van der Waals surface area contributed by atoms with Gasteiger partial charge in [0.2, 0.25) is 15.9 Å². The van der Waals surface area contributed by atoms with Crippen LogP contribution >= 0.6 is 11.6 Å². The van der Waals surface area contributed by atoms with Crippen LogP contribution in [0.1, 0.15) is 32.3 Å². The second kappa shape index (κ2) is 9.15. The van der Waals surface area contributed by atoms with Crippen LogP contribution in [0.15, 0.2) is 53.4 Å². The van der Waals surface area contributed by atoms with Crippen LogP contribution in [0.5, 0.6) is 5.75 Å². The smallest absolute Gasteiger partial charge is 0.243 e. The first-order valence-electron chi connectivity index (χ1n) is 9.58. The number of hydrogen-bond donors (Lipinski definition) is 1. The lowest BCUT2D eigenvalue weighted by molar-refractivity contribution is -0.124. The van der Waals surface area contributed by atoms with Crippen LogP contribution in [0, 0.1) is 0 Å². The third-order valence-electron chi connectivity index (χ3n) is 4.69. The van der Waals surface area contributed by atoms with Crippen molar-refractivity contribution in [2.45, 2.75) is 50.3 Å². The Morgan fingerprint density at radius 1 is 1.17 bits per heavy atom. The summed E-state index contributed by atoms with van der Waals surface area (Å²) in [5.41, 5.74) is 0.916. The monoisotopic (exact) mass is 436 g/mol. The second-order valence-corrected chi connectivity index (χ2v) is 9.58. The number of rotatable bonds is 7. The van der Waals surface area contributed by atoms with Crippen LogP contribution in [0.2, 0.25) is 5.02 Å². The molecule has 2 aromatic carbocycles. The van der Waals surface area contributed by atoms with Crippen molar-refractivity contribution in [3.05, 3.63) is 59.1 Å². The first kappa shape index (κ1) is 21.6. The molecule has 0 aliphatic carbocycles. The Morgan fingerprint density at radius 3 is 2.45 bits per heavy atom. The van der Waals surface area contributed by atoms with E-state index in [0.29, 0.717) is 31.0 Å². The van der Waals surface area contributed by atoms with Crippen molar-refractivity contribution in [1.29, 1.82) is 0 Å². The number of carbonyl (C=O) groups is 1. The van der Waals surface area contributed by atoms with Gasteiger partial charge in [-0.05, 0) is 68.7 Å². The minimum atomic E-state index is -3.75. The first-order chi connectivity index (χ1) is 13.8. The van der Waals surface area contributed by atoms with Crippen molar-refractivity contribution in [2.75, 3.05) is 6.54 Å². The Balaban J connectivity index is 1.64. The predicted molar refractivity (Wildman–Crippen MR) is 112 cm³/mol. The SMILES string of the molecule is CC(C)Oc1ccc(CNC(=O)[C@H]2CCCN2S(=O)(=O)c2ccc(Cl)cc2)cc1. The highest BCUT2D eigenvalue weighted by Gasteiger charge is 2.39. The highest BCUT2D eigenvalue weighted by Crippen LogP contribution is 2.27. The van der Waals surface area contributed by atoms with E-state index in [1.807, 2.05) is 38.1 Å². The molecule has 29 heavy (non-hydrogen) atoms. The van der Waals surface area contributed by atoms with Gasteiger partial charge in [0.15, 0.2) is 0 Å². The third-order valence-corrected chi connectivity index (χ3v) is 6.86. The van der Waals surface area contributed by atoms with E-state index in [0.717, 1.165) is 11.3 Å². The summed E-state index contributed by atoms with van der Waals surface area (Å²) in [6.07, 6.45) is 1.24. The molecule has 3 rings (SSSR count). The van der Waals surface area contributed by atoms with Gasteiger partial charge in [-0.2, -0.15) is 4.31 Å². The van der Waals surface area contributed by atoms with Gasteiger partial charge in [-0.15, -0.1) is 0 Å². The van der Waals surface area contributed by atoms with Crippen molar-refractivity contribution >= 4 is 27.5 Å². The maximum absolute atomic E-state index is 12.9. The molecule has 0 radical (unpaired) electrons. The van der Waals surface area contributed by atoms with E-state index in [4.69, 9.17) is 16.3 Å². The largest absolute Gasteiger partial charge is 0.491 e. The highest BCUT2D eigenvalue weighted by molar-refractivity contribution is 7.89. The fraction of sp³-hybridized carbons (Fsp3) is 0.381. The molecule has 1 aliphatic rings. The van der Waals surface area contributed by atoms with Gasteiger partial charge >= 0.3 is 0 Å². The van der Waals surface area contributed by atoms with Crippen molar-refractivity contribution < 1.29 is 17.9 Å². The summed E-state index contributed by atoms with van der Waals surface area (Å²) in [7, 11) is -3.75. The molecule has 0 aromatic heterocycles. The maximum atomic E-state index is 12.9. The van der Waals surface area contributed by atoms with Crippen molar-refractivity contribution in [3.8, 4) is 5.75 Å². The van der Waals surface area contributed by atoms with Gasteiger partial charge in [-0.25, -0.2) is 8.42 Å². The number of hydrogen-bond acceptors (Lipinski definition) is 4. The molecule has 1 fully saturated rings. The normalized spacial score (nSPS) is 17.4. The van der Waals surface area contributed by atoms with Crippen LogP contribution in [-0.2, 0) is 21.4 Å². The van der Waals surface area contributed by atoms with Gasteiger partial charge in [0, 0.05) is 18.1 Å². The molecule has 1 N–H and O–H groups in total. The predicted octanol–water partition coefficient (Wildman–Crippen LogP) is 3.60. The Hall–Kier alpha value is -2.09. The molecule has 0 saturated carbocycles. The van der Waals surface area contributed by atoms with Gasteiger partial charge in [0.25, 0.3) is 0 Å². The van der Waals surface area contributed by atoms with E-state index in [-0.39, 0.29) is 16.9 Å². The number of ether oxygens (including phenoxy) is 1. The van der Waals surface area contributed by atoms with Crippen LogP contribution in [0.3, 0.4) is 0 Å². The molecule has 0 unspecified atom stereocenters. The summed E-state index contributed by atoms with van der Waals surface area (Å²) in [5.74, 6) is 0.480. The number of nitrogens with zero attached hydrogens (tertiary/aromatic N) is 1. The van der Waals surface area contributed by atoms with Crippen molar-refractivity contribution in [3.63, 3.8) is 0 Å². The fourth-order valence-corrected chi connectivity index (χ4v) is 5.08. The average molecular weight is 437 g/mol. The highest BCUT2D eigenvalue weighted by atomic mass is 35.5. The molecule has 6 nitrogen and oxygen atoms in total. The second-order valence-electron chi connectivity index (χ2n) is 7.26. The summed E-state index contributed by atoms with van der Waals surface area (Å²) in [6, 6.07) is 12.8. The molecule has 156 valence electrons. The summed E-state index contributed by atoms with van der Waals surface area (Å²) in [5, 5.41) is 3.32. The van der Waals surface area contributed by atoms with Gasteiger partial charge in [-0.3, -0.25) is 4.79 Å². The van der Waals surface area contributed by atoms with E-state index in [9.17, 15) is 13.2 Å². The quantitative estimate of drug-likeness (QED) is 0.719. The molecule has 2 aromatic rings. The van der Waals surface area contributed by atoms with Gasteiger partial charge in [0.05, 0.1) is 11.0 Å². The van der Waals surface area contributed by atoms with Crippen LogP contribution in [0.25, 0.3) is 0 Å². The lowest BCUT2D eigenvalue weighted by Gasteiger charge is -2.23. The molecule has 1 amide bonds. The van der Waals surface area contributed by atoms with Gasteiger partial charge < -0.3 is 10.1 Å². The van der Waals surface area contributed by atoms with E-state index in [1.165, 1.54) is 28.6 Å². The van der Waals surface area contributed by atoms with Crippen LogP contribution < -0.4 is 10.1 Å². The number of sulfonamides is 1. The Kier molecular flexibility index (Phi) is 6.82. The number of amides is 1. The molecular weight excluding hydrogens is 412 g/mol. The Labute approximate surface area is 176 Å². The molecule has 0 spiro atoms. The molecule has 1 saturated heterocycles. The number of carbonyl (C=O) groups excluding carboxylic acids is 1. The van der Waals surface area contributed by atoms with E-state index >= 15 is 0 Å². The summed E-state index contributed by atoms with van der Waals surface area (Å²) < 4.78 is 32.8. The summed E-state index contributed by atoms with van der Waals surface area (Å²) in [4.78, 5) is 12.9. The van der Waals surface area contributed by atoms with E-state index in [2.05, 4.69) is 5.32 Å². The lowest BCUT2D eigenvalue weighted by atomic mass is 10.2. The summed E-state index contributed by atoms with van der Waals surface area (Å²) in [6.45, 7) is 4.57. The molecular formula is C21H25ClN2O4S. The molecule has 8 heteroatoms. The van der Waals surface area contributed by atoms with Crippen molar-refractivity contribution in [1.82, 2.24) is 9.62 Å². The number of halogens is 1. The minimum absolute atomic E-state index is 0.0940. The van der Waals surface area contributed by atoms with Crippen molar-refractivity contribution in [2.24, 2.45) is 0 Å². The molecule has 1 heterocycles. The molecule has 0 bridgehead atoms. The number of nitrogens with one attached hydrogen (secondary N) is 1. The van der Waals surface area contributed by atoms with E-state index in [1.54, 1.807) is 0 Å². The first-order valence-corrected chi connectivity index (χ1v) is 11.4. The van der Waals surface area contributed by atoms with Crippen LogP contribution in [0.4, 0.5) is 0 Å². The Morgan fingerprint density at radius 2 is 1.83 bits per heavy atom. The molecule has 1 aliphatic heterocycles. The average Bonchev–Trinajstić information content (AvgIpc) is 3.18. The van der Waals surface area contributed by atoms with Gasteiger partial charge in [-0.1, -0.05) is 23.7 Å². The fourth-order valence-electron chi connectivity index (χ4n) is 3.30.